The van der Waals surface area contributed by atoms with Crippen LogP contribution in [-0.2, 0) is 14.3 Å². The van der Waals surface area contributed by atoms with Crippen molar-refractivity contribution in [3.63, 3.8) is 0 Å². The molecule has 2 rings (SSSR count). The van der Waals surface area contributed by atoms with E-state index in [2.05, 4.69) is 27.0 Å². The third kappa shape index (κ3) is 4.02. The Labute approximate surface area is 138 Å². The number of piperazine rings is 1. The Balaban J connectivity index is 2.15. The van der Waals surface area contributed by atoms with Gasteiger partial charge in [-0.05, 0) is 19.4 Å². The van der Waals surface area contributed by atoms with E-state index >= 15 is 0 Å². The number of nitrogens with zero attached hydrogens (tertiary/aromatic N) is 3. The lowest BCUT2D eigenvalue weighted by Gasteiger charge is -2.39. The van der Waals surface area contributed by atoms with Crippen LogP contribution in [0.3, 0.4) is 0 Å². The van der Waals surface area contributed by atoms with Crippen LogP contribution in [0.25, 0.3) is 0 Å². The lowest BCUT2D eigenvalue weighted by molar-refractivity contribution is -0.153. The number of aliphatic imine (C=N–C) groups is 1. The highest BCUT2D eigenvalue weighted by Crippen LogP contribution is 2.23. The van der Waals surface area contributed by atoms with Crippen molar-refractivity contribution in [2.45, 2.75) is 33.7 Å². The summed E-state index contributed by atoms with van der Waals surface area (Å²) < 4.78 is 5.05. The molecule has 1 amide bonds. The molecule has 130 valence electrons. The van der Waals surface area contributed by atoms with Gasteiger partial charge in [0, 0.05) is 26.2 Å². The Bertz CT molecular complexity index is 470. The number of hydrogen-bond acceptors (Lipinski definition) is 6. The third-order valence-electron chi connectivity index (χ3n) is 4.47. The van der Waals surface area contributed by atoms with Crippen LogP contribution in [0.2, 0.25) is 0 Å². The summed E-state index contributed by atoms with van der Waals surface area (Å²) in [6, 6.07) is -0.373. The monoisotopic (exact) mass is 324 g/mol. The summed E-state index contributed by atoms with van der Waals surface area (Å²) in [6.07, 6.45) is 0. The number of nitrogens with one attached hydrogen (secondary N) is 1. The van der Waals surface area contributed by atoms with Crippen LogP contribution in [0, 0.1) is 11.8 Å². The summed E-state index contributed by atoms with van der Waals surface area (Å²) in [5, 5.41) is 2.81. The number of ether oxygens (including phenoxy) is 1. The Morgan fingerprint density at radius 1 is 1.30 bits per heavy atom. The van der Waals surface area contributed by atoms with E-state index < -0.39 is 11.9 Å². The molecule has 0 aromatic carbocycles. The maximum Gasteiger partial charge on any atom is 0.320 e. The third-order valence-corrected chi connectivity index (χ3v) is 4.47. The molecule has 1 fully saturated rings. The normalized spacial score (nSPS) is 26.0. The van der Waals surface area contributed by atoms with E-state index in [0.29, 0.717) is 5.96 Å². The molecular formula is C16H28N4O3. The number of hydrogen-bond donors (Lipinski definition) is 1. The number of esters is 1. The van der Waals surface area contributed by atoms with Crippen LogP contribution in [0.4, 0.5) is 0 Å². The highest BCUT2D eigenvalue weighted by Gasteiger charge is 2.42. The molecule has 7 heteroatoms. The summed E-state index contributed by atoms with van der Waals surface area (Å²) >= 11 is 0. The second-order valence-electron chi connectivity index (χ2n) is 6.33. The minimum atomic E-state index is -0.851. The quantitative estimate of drug-likeness (QED) is 0.595. The molecule has 7 nitrogen and oxygen atoms in total. The molecular weight excluding hydrogens is 296 g/mol. The van der Waals surface area contributed by atoms with Gasteiger partial charge in [-0.25, -0.2) is 4.99 Å². The Hall–Kier alpha value is -1.63. The molecule has 0 spiro atoms. The molecule has 2 aliphatic heterocycles. The molecule has 0 bridgehead atoms. The predicted molar refractivity (Wildman–Crippen MR) is 88.0 cm³/mol. The van der Waals surface area contributed by atoms with Gasteiger partial charge >= 0.3 is 5.97 Å². The SMILES string of the molecule is CCOC(=O)[C@H]1C(=O)NC(N2CCN(CC)CC2)=N[C@H]1C(C)C. The average Bonchev–Trinajstić information content (AvgIpc) is 2.54. The standard InChI is InChI=1S/C16H28N4O3/c1-5-19-7-9-20(10-8-19)16-17-13(11(3)4)12(14(21)18-16)15(22)23-6-2/h11-13H,5-10H2,1-4H3,(H,17,18,21)/t12-,13+/m1/s1. The molecule has 1 saturated heterocycles. The topological polar surface area (TPSA) is 74.2 Å². The number of carbonyl (C=O) groups excluding carboxylic acids is 2. The van der Waals surface area contributed by atoms with E-state index in [0.717, 1.165) is 32.7 Å². The van der Waals surface area contributed by atoms with Crippen LogP contribution in [-0.4, -0.2) is 73.0 Å². The van der Waals surface area contributed by atoms with Crippen molar-refractivity contribution in [3.8, 4) is 0 Å². The Morgan fingerprint density at radius 2 is 1.96 bits per heavy atom. The van der Waals surface area contributed by atoms with Crippen LogP contribution in [0.15, 0.2) is 4.99 Å². The first-order valence-corrected chi connectivity index (χ1v) is 8.50. The van der Waals surface area contributed by atoms with E-state index in [9.17, 15) is 9.59 Å². The van der Waals surface area contributed by atoms with Crippen molar-refractivity contribution in [1.29, 1.82) is 0 Å². The maximum absolute atomic E-state index is 12.5. The van der Waals surface area contributed by atoms with Crippen molar-refractivity contribution in [2.24, 2.45) is 16.8 Å². The minimum Gasteiger partial charge on any atom is -0.465 e. The number of guanidine groups is 1. The average molecular weight is 324 g/mol. The van der Waals surface area contributed by atoms with Gasteiger partial charge in [0.25, 0.3) is 0 Å². The Kier molecular flexibility index (Phi) is 5.98. The first-order valence-electron chi connectivity index (χ1n) is 8.50. The maximum atomic E-state index is 12.5. The Morgan fingerprint density at radius 3 is 2.48 bits per heavy atom. The molecule has 0 aromatic rings. The van der Waals surface area contributed by atoms with Crippen molar-refractivity contribution in [2.75, 3.05) is 39.3 Å². The summed E-state index contributed by atoms with van der Waals surface area (Å²) in [5.74, 6) is -0.949. The fourth-order valence-electron chi connectivity index (χ4n) is 3.04. The predicted octanol–water partition coefficient (Wildman–Crippen LogP) is 0.314. The van der Waals surface area contributed by atoms with E-state index in [4.69, 9.17) is 4.74 Å². The molecule has 2 atom stereocenters. The molecule has 0 aliphatic carbocycles. The number of carbonyl (C=O) groups is 2. The first-order chi connectivity index (χ1) is 11.0. The fraction of sp³-hybridized carbons (Fsp3) is 0.812. The second kappa shape index (κ2) is 7.77. The van der Waals surface area contributed by atoms with Crippen LogP contribution in [0.5, 0.6) is 0 Å². The number of amides is 1. The molecule has 0 aromatic heterocycles. The van der Waals surface area contributed by atoms with Gasteiger partial charge < -0.3 is 14.5 Å². The van der Waals surface area contributed by atoms with Crippen molar-refractivity contribution in [3.05, 3.63) is 0 Å². The molecule has 2 aliphatic rings. The molecule has 2 heterocycles. The molecule has 23 heavy (non-hydrogen) atoms. The van der Waals surface area contributed by atoms with Crippen LogP contribution < -0.4 is 5.32 Å². The van der Waals surface area contributed by atoms with Gasteiger partial charge in [0.2, 0.25) is 11.9 Å². The lowest BCUT2D eigenvalue weighted by Crippen LogP contribution is -2.59. The van der Waals surface area contributed by atoms with Gasteiger partial charge in [0.15, 0.2) is 5.92 Å². The second-order valence-corrected chi connectivity index (χ2v) is 6.33. The minimum absolute atomic E-state index is 0.0855. The van der Waals surface area contributed by atoms with Crippen molar-refractivity contribution < 1.29 is 14.3 Å². The fourth-order valence-corrected chi connectivity index (χ4v) is 3.04. The van der Waals surface area contributed by atoms with E-state index in [1.54, 1.807) is 6.92 Å². The number of likely N-dealkylation sites (N-methyl/N-ethyl adjacent to an activating group) is 1. The summed E-state index contributed by atoms with van der Waals surface area (Å²) in [7, 11) is 0. The summed E-state index contributed by atoms with van der Waals surface area (Å²) in [5.41, 5.74) is 0. The van der Waals surface area contributed by atoms with Crippen LogP contribution >= 0.6 is 0 Å². The first kappa shape index (κ1) is 17.7. The molecule has 0 saturated carbocycles. The van der Waals surface area contributed by atoms with Gasteiger partial charge in [-0.3, -0.25) is 14.9 Å². The lowest BCUT2D eigenvalue weighted by atomic mass is 9.89. The molecule has 0 radical (unpaired) electrons. The largest absolute Gasteiger partial charge is 0.465 e. The highest BCUT2D eigenvalue weighted by atomic mass is 16.5. The number of rotatable bonds is 4. The van der Waals surface area contributed by atoms with E-state index in [1.807, 2.05) is 13.8 Å². The zero-order valence-corrected chi connectivity index (χ0v) is 14.5. The molecule has 1 N–H and O–H groups in total. The molecule has 0 unspecified atom stereocenters. The van der Waals surface area contributed by atoms with Gasteiger partial charge in [-0.15, -0.1) is 0 Å². The van der Waals surface area contributed by atoms with Crippen LogP contribution in [0.1, 0.15) is 27.7 Å². The summed E-state index contributed by atoms with van der Waals surface area (Å²) in [6.45, 7) is 12.7. The van der Waals surface area contributed by atoms with Gasteiger partial charge in [0.1, 0.15) is 0 Å². The smallest absolute Gasteiger partial charge is 0.320 e. The van der Waals surface area contributed by atoms with E-state index in [-0.39, 0.29) is 24.5 Å². The zero-order valence-electron chi connectivity index (χ0n) is 14.5. The van der Waals surface area contributed by atoms with Crippen molar-refractivity contribution >= 4 is 17.8 Å². The van der Waals surface area contributed by atoms with Gasteiger partial charge in [0.05, 0.1) is 12.6 Å². The van der Waals surface area contributed by atoms with Crippen molar-refractivity contribution in [1.82, 2.24) is 15.1 Å². The highest BCUT2D eigenvalue weighted by molar-refractivity contribution is 6.08. The van der Waals surface area contributed by atoms with Gasteiger partial charge in [-0.2, -0.15) is 0 Å². The summed E-state index contributed by atoms with van der Waals surface area (Å²) in [4.78, 5) is 33.7. The van der Waals surface area contributed by atoms with E-state index in [1.165, 1.54) is 0 Å². The van der Waals surface area contributed by atoms with Gasteiger partial charge in [-0.1, -0.05) is 20.8 Å². The zero-order chi connectivity index (χ0) is 17.0.